The van der Waals surface area contributed by atoms with Gasteiger partial charge in [-0.05, 0) is 37.6 Å². The van der Waals surface area contributed by atoms with Crippen LogP contribution in [0.15, 0.2) is 30.3 Å². The van der Waals surface area contributed by atoms with Crippen LogP contribution in [0.2, 0.25) is 0 Å². The average molecular weight is 301 g/mol. The molecule has 2 aromatic rings. The summed E-state index contributed by atoms with van der Waals surface area (Å²) in [4.78, 5) is 10.8. The molecular formula is C16H16FN3O2. The van der Waals surface area contributed by atoms with E-state index in [0.717, 1.165) is 11.8 Å². The van der Waals surface area contributed by atoms with Gasteiger partial charge in [0, 0.05) is 23.9 Å². The molecule has 0 aliphatic heterocycles. The number of rotatable bonds is 5. The predicted molar refractivity (Wildman–Crippen MR) is 84.2 cm³/mol. The molecule has 0 unspecified atom stereocenters. The van der Waals surface area contributed by atoms with Gasteiger partial charge in [0.2, 0.25) is 0 Å². The Kier molecular flexibility index (Phi) is 4.50. The molecule has 2 rings (SSSR count). The second kappa shape index (κ2) is 6.34. The highest BCUT2D eigenvalue weighted by atomic mass is 19.1. The van der Waals surface area contributed by atoms with E-state index in [1.807, 2.05) is 0 Å². The number of nitro benzene ring substituents is 1. The molecule has 5 nitrogen and oxygen atoms in total. The maximum atomic E-state index is 12.9. The van der Waals surface area contributed by atoms with Gasteiger partial charge >= 0.3 is 0 Å². The zero-order chi connectivity index (χ0) is 16.3. The topological polar surface area (TPSA) is 79.0 Å². The van der Waals surface area contributed by atoms with Crippen LogP contribution < -0.4 is 5.32 Å². The molecule has 0 aromatic heterocycles. The first-order valence-electron chi connectivity index (χ1n) is 6.71. The van der Waals surface area contributed by atoms with Crippen LogP contribution >= 0.6 is 0 Å². The second-order valence-corrected chi connectivity index (χ2v) is 5.01. The zero-order valence-electron chi connectivity index (χ0n) is 12.3. The van der Waals surface area contributed by atoms with Crippen molar-refractivity contribution in [1.29, 1.82) is 5.41 Å². The molecule has 0 heterocycles. The summed E-state index contributed by atoms with van der Waals surface area (Å²) >= 11 is 0. The fraction of sp³-hybridized carbons (Fsp3) is 0.188. The summed E-state index contributed by atoms with van der Waals surface area (Å²) in [6, 6.07) is 7.62. The standard InChI is InChI=1S/C16H16FN3O2/c1-10-7-13(8-18)15(11(2)16(10)20(21)22)19-9-12-3-5-14(17)6-4-12/h3-8,18-19H,9H2,1-2H3. The molecule has 0 fully saturated rings. The SMILES string of the molecule is Cc1cc(C=N)c(NCc2ccc(F)cc2)c(C)c1[N+](=O)[O-]. The van der Waals surface area contributed by atoms with E-state index in [0.29, 0.717) is 28.9 Å². The van der Waals surface area contributed by atoms with Crippen molar-refractivity contribution >= 4 is 17.6 Å². The van der Waals surface area contributed by atoms with Crippen LogP contribution in [0, 0.1) is 35.2 Å². The molecule has 22 heavy (non-hydrogen) atoms. The number of nitrogens with zero attached hydrogens (tertiary/aromatic N) is 1. The van der Waals surface area contributed by atoms with Crippen molar-refractivity contribution in [3.05, 3.63) is 68.5 Å². The Balaban J connectivity index is 2.36. The van der Waals surface area contributed by atoms with Gasteiger partial charge in [-0.3, -0.25) is 10.1 Å². The second-order valence-electron chi connectivity index (χ2n) is 5.01. The van der Waals surface area contributed by atoms with Crippen molar-refractivity contribution in [1.82, 2.24) is 0 Å². The van der Waals surface area contributed by atoms with Gasteiger partial charge in [-0.25, -0.2) is 4.39 Å². The summed E-state index contributed by atoms with van der Waals surface area (Å²) in [5.74, 6) is -0.314. The Morgan fingerprint density at radius 2 is 1.95 bits per heavy atom. The van der Waals surface area contributed by atoms with E-state index in [-0.39, 0.29) is 11.5 Å². The lowest BCUT2D eigenvalue weighted by molar-refractivity contribution is -0.386. The van der Waals surface area contributed by atoms with Gasteiger partial charge in [0.15, 0.2) is 0 Å². The van der Waals surface area contributed by atoms with Crippen LogP contribution in [-0.2, 0) is 6.54 Å². The van der Waals surface area contributed by atoms with Crippen LogP contribution in [0.5, 0.6) is 0 Å². The highest BCUT2D eigenvalue weighted by Crippen LogP contribution is 2.32. The lowest BCUT2D eigenvalue weighted by Gasteiger charge is -2.14. The average Bonchev–Trinajstić information content (AvgIpc) is 2.47. The van der Waals surface area contributed by atoms with Crippen molar-refractivity contribution in [2.24, 2.45) is 0 Å². The molecule has 114 valence electrons. The summed E-state index contributed by atoms with van der Waals surface area (Å²) in [6.07, 6.45) is 1.16. The molecule has 0 aliphatic rings. The van der Waals surface area contributed by atoms with Gasteiger partial charge in [0.1, 0.15) is 5.82 Å². The number of aryl methyl sites for hydroxylation is 1. The molecule has 6 heteroatoms. The molecular weight excluding hydrogens is 285 g/mol. The van der Waals surface area contributed by atoms with E-state index in [1.54, 1.807) is 32.0 Å². The first-order chi connectivity index (χ1) is 10.4. The summed E-state index contributed by atoms with van der Waals surface area (Å²) < 4.78 is 12.9. The van der Waals surface area contributed by atoms with Gasteiger partial charge in [0.05, 0.1) is 16.2 Å². The number of benzene rings is 2. The monoisotopic (exact) mass is 301 g/mol. The lowest BCUT2D eigenvalue weighted by atomic mass is 10.0. The third-order valence-corrected chi connectivity index (χ3v) is 3.49. The molecule has 0 radical (unpaired) electrons. The van der Waals surface area contributed by atoms with E-state index < -0.39 is 4.92 Å². The van der Waals surface area contributed by atoms with E-state index in [4.69, 9.17) is 5.41 Å². The van der Waals surface area contributed by atoms with Crippen LogP contribution in [0.25, 0.3) is 0 Å². The Hall–Kier alpha value is -2.76. The first kappa shape index (κ1) is 15.6. The molecule has 2 aromatic carbocycles. The highest BCUT2D eigenvalue weighted by molar-refractivity contribution is 5.89. The van der Waals surface area contributed by atoms with E-state index >= 15 is 0 Å². The van der Waals surface area contributed by atoms with Gasteiger partial charge in [-0.15, -0.1) is 0 Å². The molecule has 2 N–H and O–H groups in total. The van der Waals surface area contributed by atoms with Crippen molar-refractivity contribution in [3.63, 3.8) is 0 Å². The minimum absolute atomic E-state index is 0.0483. The maximum absolute atomic E-state index is 12.9. The lowest BCUT2D eigenvalue weighted by Crippen LogP contribution is -2.07. The number of nitrogens with one attached hydrogen (secondary N) is 2. The fourth-order valence-corrected chi connectivity index (χ4v) is 2.43. The number of halogens is 1. The van der Waals surface area contributed by atoms with Gasteiger partial charge in [-0.2, -0.15) is 0 Å². The molecule has 0 saturated carbocycles. The summed E-state index contributed by atoms with van der Waals surface area (Å²) in [7, 11) is 0. The summed E-state index contributed by atoms with van der Waals surface area (Å²) in [5.41, 5.74) is 3.05. The first-order valence-corrected chi connectivity index (χ1v) is 6.71. The third-order valence-electron chi connectivity index (χ3n) is 3.49. The Morgan fingerprint density at radius 3 is 2.50 bits per heavy atom. The molecule has 0 bridgehead atoms. The summed E-state index contributed by atoms with van der Waals surface area (Å²) in [6.45, 7) is 3.70. The summed E-state index contributed by atoms with van der Waals surface area (Å²) in [5, 5.41) is 21.8. The fourth-order valence-electron chi connectivity index (χ4n) is 2.43. The van der Waals surface area contributed by atoms with E-state index in [9.17, 15) is 14.5 Å². The van der Waals surface area contributed by atoms with Crippen molar-refractivity contribution in [3.8, 4) is 0 Å². The van der Waals surface area contributed by atoms with Crippen LogP contribution in [0.4, 0.5) is 15.8 Å². The molecule has 0 spiro atoms. The van der Waals surface area contributed by atoms with Crippen molar-refractivity contribution in [2.75, 3.05) is 5.32 Å². The molecule has 0 saturated heterocycles. The predicted octanol–water partition coefficient (Wildman–Crippen LogP) is 3.96. The third kappa shape index (κ3) is 3.11. The van der Waals surface area contributed by atoms with Crippen LogP contribution in [0.3, 0.4) is 0 Å². The minimum atomic E-state index is -0.415. The normalized spacial score (nSPS) is 10.3. The largest absolute Gasteiger partial charge is 0.380 e. The zero-order valence-corrected chi connectivity index (χ0v) is 12.3. The number of hydrogen-bond acceptors (Lipinski definition) is 4. The van der Waals surface area contributed by atoms with E-state index in [2.05, 4.69) is 5.32 Å². The molecule has 0 atom stereocenters. The van der Waals surface area contributed by atoms with Crippen molar-refractivity contribution < 1.29 is 9.31 Å². The quantitative estimate of drug-likeness (QED) is 0.498. The Bertz CT molecular complexity index is 727. The Labute approximate surface area is 127 Å². The molecule has 0 amide bonds. The highest BCUT2D eigenvalue weighted by Gasteiger charge is 2.20. The van der Waals surface area contributed by atoms with Crippen LogP contribution in [0.1, 0.15) is 22.3 Å². The maximum Gasteiger partial charge on any atom is 0.277 e. The molecule has 0 aliphatic carbocycles. The van der Waals surface area contributed by atoms with E-state index in [1.165, 1.54) is 12.1 Å². The number of hydrogen-bond donors (Lipinski definition) is 2. The Morgan fingerprint density at radius 1 is 1.32 bits per heavy atom. The smallest absolute Gasteiger partial charge is 0.277 e. The van der Waals surface area contributed by atoms with Gasteiger partial charge in [-0.1, -0.05) is 12.1 Å². The van der Waals surface area contributed by atoms with Gasteiger partial charge in [0.25, 0.3) is 5.69 Å². The minimum Gasteiger partial charge on any atom is -0.380 e. The number of anilines is 1. The van der Waals surface area contributed by atoms with Crippen LogP contribution in [-0.4, -0.2) is 11.1 Å². The van der Waals surface area contributed by atoms with Crippen molar-refractivity contribution in [2.45, 2.75) is 20.4 Å². The van der Waals surface area contributed by atoms with Gasteiger partial charge < -0.3 is 10.7 Å². The number of nitro groups is 1.